The number of halogens is 1. The fraction of sp³-hybridized carbons (Fsp3) is 0.273. The lowest BCUT2D eigenvalue weighted by Gasteiger charge is -2.18. The van der Waals surface area contributed by atoms with Crippen LogP contribution in [-0.2, 0) is 16.0 Å². The van der Waals surface area contributed by atoms with E-state index in [9.17, 15) is 9.59 Å². The van der Waals surface area contributed by atoms with Gasteiger partial charge in [0.05, 0.1) is 0 Å². The molecule has 2 N–H and O–H groups in total. The number of aromatic nitrogens is 2. The van der Waals surface area contributed by atoms with E-state index in [0.29, 0.717) is 23.0 Å². The Morgan fingerprint density at radius 2 is 1.80 bits per heavy atom. The Balaban J connectivity index is 1.70. The van der Waals surface area contributed by atoms with Crippen molar-refractivity contribution < 1.29 is 9.59 Å². The zero-order valence-electron chi connectivity index (χ0n) is 16.6. The molecule has 2 aromatic carbocycles. The van der Waals surface area contributed by atoms with Crippen LogP contribution in [0.25, 0.3) is 10.6 Å². The lowest BCUT2D eigenvalue weighted by atomic mass is 10.0. The Morgan fingerprint density at radius 1 is 1.07 bits per heavy atom. The molecule has 0 aliphatic heterocycles. The lowest BCUT2D eigenvalue weighted by molar-refractivity contribution is -0.126. The second-order valence-corrected chi connectivity index (χ2v) is 8.72. The molecule has 156 valence electrons. The zero-order chi connectivity index (χ0) is 21.3. The number of anilines is 1. The number of rotatable bonds is 9. The Hall–Kier alpha value is -2.58. The van der Waals surface area contributed by atoms with Crippen LogP contribution in [0.15, 0.2) is 59.1 Å². The summed E-state index contributed by atoms with van der Waals surface area (Å²) in [5, 5.41) is 15.0. The van der Waals surface area contributed by atoms with Crippen LogP contribution in [0.4, 0.5) is 5.13 Å². The molecule has 8 heteroatoms. The summed E-state index contributed by atoms with van der Waals surface area (Å²) in [6.07, 6.45) is 2.52. The summed E-state index contributed by atoms with van der Waals surface area (Å²) in [5.41, 5.74) is 1.89. The molecular formula is C22H23BrN4O2S. The van der Waals surface area contributed by atoms with Crippen LogP contribution in [0.2, 0.25) is 0 Å². The van der Waals surface area contributed by atoms with Gasteiger partial charge in [0.15, 0.2) is 0 Å². The number of hydrogen-bond donors (Lipinski definition) is 2. The van der Waals surface area contributed by atoms with Gasteiger partial charge in [-0.15, -0.1) is 10.2 Å². The second kappa shape index (κ2) is 11.0. The Bertz CT molecular complexity index is 976. The molecule has 3 aromatic rings. The summed E-state index contributed by atoms with van der Waals surface area (Å²) in [4.78, 5) is 25.2. The Labute approximate surface area is 188 Å². The van der Waals surface area contributed by atoms with Crippen LogP contribution in [0.1, 0.15) is 31.7 Å². The van der Waals surface area contributed by atoms with Crippen molar-refractivity contribution in [1.29, 1.82) is 0 Å². The van der Waals surface area contributed by atoms with E-state index in [4.69, 9.17) is 0 Å². The number of nitrogens with one attached hydrogen (secondary N) is 2. The van der Waals surface area contributed by atoms with Crippen molar-refractivity contribution in [3.05, 3.63) is 64.6 Å². The van der Waals surface area contributed by atoms with Crippen molar-refractivity contribution in [2.24, 2.45) is 0 Å². The first kappa shape index (κ1) is 22.1. The first-order valence-electron chi connectivity index (χ1n) is 9.78. The molecule has 0 aliphatic carbocycles. The maximum atomic E-state index is 12.9. The number of unbranched alkanes of at least 4 members (excludes halogenated alkanes) is 1. The quantitative estimate of drug-likeness (QED) is 0.453. The van der Waals surface area contributed by atoms with Crippen LogP contribution in [-0.4, -0.2) is 28.1 Å². The minimum absolute atomic E-state index is 0.124. The molecule has 0 bridgehead atoms. The summed E-state index contributed by atoms with van der Waals surface area (Å²) < 4.78 is 0.979. The van der Waals surface area contributed by atoms with E-state index in [1.54, 1.807) is 0 Å². The molecule has 6 nitrogen and oxygen atoms in total. The number of carbonyl (C=O) groups excluding carboxylic acids is 2. The molecule has 0 radical (unpaired) electrons. The molecule has 0 aliphatic rings. The smallest absolute Gasteiger partial charge is 0.249 e. The number of hydrogen-bond acceptors (Lipinski definition) is 5. The van der Waals surface area contributed by atoms with Crippen LogP contribution in [0.5, 0.6) is 0 Å². The predicted molar refractivity (Wildman–Crippen MR) is 123 cm³/mol. The van der Waals surface area contributed by atoms with E-state index in [1.807, 2.05) is 61.5 Å². The highest BCUT2D eigenvalue weighted by Crippen LogP contribution is 2.27. The van der Waals surface area contributed by atoms with Crippen LogP contribution >= 0.6 is 27.3 Å². The highest BCUT2D eigenvalue weighted by molar-refractivity contribution is 9.10. The lowest BCUT2D eigenvalue weighted by Crippen LogP contribution is -2.45. The first-order chi connectivity index (χ1) is 14.5. The summed E-state index contributed by atoms with van der Waals surface area (Å²) in [6, 6.07) is 16.7. The summed E-state index contributed by atoms with van der Waals surface area (Å²) in [7, 11) is 0. The van der Waals surface area contributed by atoms with Crippen LogP contribution in [0.3, 0.4) is 0 Å². The van der Waals surface area contributed by atoms with E-state index in [1.165, 1.54) is 11.3 Å². The minimum atomic E-state index is -0.684. The zero-order valence-corrected chi connectivity index (χ0v) is 19.0. The number of benzene rings is 2. The van der Waals surface area contributed by atoms with Gasteiger partial charge in [-0.1, -0.05) is 83.1 Å². The molecule has 1 aromatic heterocycles. The fourth-order valence-electron chi connectivity index (χ4n) is 2.84. The van der Waals surface area contributed by atoms with Crippen molar-refractivity contribution in [3.8, 4) is 10.6 Å². The third kappa shape index (κ3) is 6.47. The molecule has 2 amide bonds. The van der Waals surface area contributed by atoms with E-state index >= 15 is 0 Å². The van der Waals surface area contributed by atoms with Gasteiger partial charge in [0.25, 0.3) is 0 Å². The number of amides is 2. The Kier molecular flexibility index (Phi) is 8.10. The average molecular weight is 487 g/mol. The maximum Gasteiger partial charge on any atom is 0.249 e. The molecule has 0 saturated heterocycles. The van der Waals surface area contributed by atoms with E-state index in [-0.39, 0.29) is 11.8 Å². The molecular weight excluding hydrogens is 464 g/mol. The largest absolute Gasteiger partial charge is 0.344 e. The topological polar surface area (TPSA) is 84.0 Å². The van der Waals surface area contributed by atoms with Gasteiger partial charge < -0.3 is 5.32 Å². The molecule has 30 heavy (non-hydrogen) atoms. The molecule has 1 atom stereocenters. The SMILES string of the molecule is CCCCC(=O)NC(Cc1ccccc1)C(=O)Nc1nnc(-c2ccc(Br)cc2)s1. The van der Waals surface area contributed by atoms with Crippen molar-refractivity contribution in [1.82, 2.24) is 15.5 Å². The van der Waals surface area contributed by atoms with Gasteiger partial charge in [-0.05, 0) is 24.1 Å². The average Bonchev–Trinajstić information content (AvgIpc) is 3.21. The van der Waals surface area contributed by atoms with Gasteiger partial charge in [-0.2, -0.15) is 0 Å². The summed E-state index contributed by atoms with van der Waals surface area (Å²) in [5.74, 6) is -0.428. The normalized spacial score (nSPS) is 11.7. The fourth-order valence-corrected chi connectivity index (χ4v) is 3.85. The van der Waals surface area contributed by atoms with Gasteiger partial charge >= 0.3 is 0 Å². The van der Waals surface area contributed by atoms with Gasteiger partial charge in [-0.3, -0.25) is 14.9 Å². The maximum absolute atomic E-state index is 12.9. The highest BCUT2D eigenvalue weighted by atomic mass is 79.9. The third-order valence-electron chi connectivity index (χ3n) is 4.44. The van der Waals surface area contributed by atoms with Crippen molar-refractivity contribution in [2.75, 3.05) is 5.32 Å². The molecule has 0 saturated carbocycles. The number of nitrogens with zero attached hydrogens (tertiary/aromatic N) is 2. The molecule has 1 heterocycles. The molecule has 0 fully saturated rings. The van der Waals surface area contributed by atoms with Crippen molar-refractivity contribution in [2.45, 2.75) is 38.6 Å². The van der Waals surface area contributed by atoms with Gasteiger partial charge in [-0.25, -0.2) is 0 Å². The van der Waals surface area contributed by atoms with E-state index in [0.717, 1.165) is 28.4 Å². The van der Waals surface area contributed by atoms with Crippen LogP contribution in [0, 0.1) is 0 Å². The second-order valence-electron chi connectivity index (χ2n) is 6.82. The summed E-state index contributed by atoms with van der Waals surface area (Å²) in [6.45, 7) is 2.03. The van der Waals surface area contributed by atoms with E-state index in [2.05, 4.69) is 36.8 Å². The molecule has 3 rings (SSSR count). The number of carbonyl (C=O) groups is 2. The third-order valence-corrected chi connectivity index (χ3v) is 5.85. The predicted octanol–water partition coefficient (Wildman–Crippen LogP) is 4.82. The van der Waals surface area contributed by atoms with Gasteiger partial charge in [0.1, 0.15) is 11.0 Å². The Morgan fingerprint density at radius 3 is 2.50 bits per heavy atom. The monoisotopic (exact) mass is 486 g/mol. The first-order valence-corrected chi connectivity index (χ1v) is 11.4. The van der Waals surface area contributed by atoms with Crippen molar-refractivity contribution in [3.63, 3.8) is 0 Å². The van der Waals surface area contributed by atoms with Crippen LogP contribution < -0.4 is 10.6 Å². The van der Waals surface area contributed by atoms with E-state index < -0.39 is 6.04 Å². The summed E-state index contributed by atoms with van der Waals surface area (Å²) >= 11 is 4.70. The standard InChI is InChI=1S/C22H23BrN4O2S/c1-2-3-9-19(28)24-18(14-15-7-5-4-6-8-15)20(29)25-22-27-26-21(30-22)16-10-12-17(23)13-11-16/h4-8,10-13,18H,2-3,9,14H2,1H3,(H,24,28)(H,25,27,29). The minimum Gasteiger partial charge on any atom is -0.344 e. The molecule has 0 spiro atoms. The molecule has 1 unspecified atom stereocenters. The van der Waals surface area contributed by atoms with Gasteiger partial charge in [0.2, 0.25) is 16.9 Å². The van der Waals surface area contributed by atoms with Gasteiger partial charge in [0, 0.05) is 22.9 Å². The highest BCUT2D eigenvalue weighted by Gasteiger charge is 2.22. The van der Waals surface area contributed by atoms with Crippen molar-refractivity contribution >= 4 is 44.2 Å².